The molecule has 1 N–H and O–H groups in total. The Morgan fingerprint density at radius 3 is 2.65 bits per heavy atom. The SMILES string of the molecule is Cc1ccc(C)c(NC(=O)CCc2c(C)nc3cc(-c4cccc(F)c4)nn3c2C)c1. The van der Waals surface area contributed by atoms with Crippen molar-refractivity contribution >= 4 is 17.2 Å². The van der Waals surface area contributed by atoms with E-state index < -0.39 is 0 Å². The molecule has 6 heteroatoms. The quantitative estimate of drug-likeness (QED) is 0.478. The van der Waals surface area contributed by atoms with Gasteiger partial charge >= 0.3 is 0 Å². The number of fused-ring (bicyclic) bond motifs is 1. The Bertz CT molecular complexity index is 1290. The van der Waals surface area contributed by atoms with E-state index in [1.165, 1.54) is 12.1 Å². The van der Waals surface area contributed by atoms with Crippen LogP contribution in [0.25, 0.3) is 16.9 Å². The number of hydrogen-bond acceptors (Lipinski definition) is 3. The number of carbonyl (C=O) groups is 1. The molecular weight excluding hydrogens is 391 g/mol. The number of halogens is 1. The van der Waals surface area contributed by atoms with Crippen LogP contribution in [0.4, 0.5) is 10.1 Å². The van der Waals surface area contributed by atoms with E-state index in [4.69, 9.17) is 0 Å². The van der Waals surface area contributed by atoms with Crippen molar-refractivity contribution in [2.45, 2.75) is 40.5 Å². The van der Waals surface area contributed by atoms with Crippen molar-refractivity contribution < 1.29 is 9.18 Å². The molecule has 0 radical (unpaired) electrons. The standard InChI is InChI=1S/C25H25FN4O/c1-15-8-9-16(2)22(12-15)28-25(31)11-10-21-17(3)27-24-14-23(29-30(24)18(21)4)19-6-5-7-20(26)13-19/h5-9,12-14H,10-11H2,1-4H3,(H,28,31). The van der Waals surface area contributed by atoms with Gasteiger partial charge in [0, 0.05) is 35.1 Å². The fourth-order valence-corrected chi connectivity index (χ4v) is 3.80. The highest BCUT2D eigenvalue weighted by Crippen LogP contribution is 2.23. The van der Waals surface area contributed by atoms with Gasteiger partial charge in [-0.3, -0.25) is 4.79 Å². The molecule has 5 nitrogen and oxygen atoms in total. The molecule has 2 aromatic carbocycles. The summed E-state index contributed by atoms with van der Waals surface area (Å²) in [5.41, 5.74) is 7.87. The largest absolute Gasteiger partial charge is 0.326 e. The van der Waals surface area contributed by atoms with Crippen LogP contribution in [0.15, 0.2) is 48.5 Å². The summed E-state index contributed by atoms with van der Waals surface area (Å²) < 4.78 is 15.4. The van der Waals surface area contributed by atoms with E-state index in [-0.39, 0.29) is 11.7 Å². The number of aromatic nitrogens is 3. The maximum atomic E-state index is 13.6. The van der Waals surface area contributed by atoms with Gasteiger partial charge in [-0.05, 0) is 69.0 Å². The third-order valence-electron chi connectivity index (χ3n) is 5.55. The third kappa shape index (κ3) is 4.33. The van der Waals surface area contributed by atoms with Crippen LogP contribution in [0.3, 0.4) is 0 Å². The number of benzene rings is 2. The van der Waals surface area contributed by atoms with Crippen molar-refractivity contribution in [2.24, 2.45) is 0 Å². The van der Waals surface area contributed by atoms with E-state index >= 15 is 0 Å². The Labute approximate surface area is 181 Å². The first-order valence-electron chi connectivity index (χ1n) is 10.3. The van der Waals surface area contributed by atoms with E-state index in [0.717, 1.165) is 33.8 Å². The number of hydrogen-bond donors (Lipinski definition) is 1. The Morgan fingerprint density at radius 1 is 1.06 bits per heavy atom. The Balaban J connectivity index is 1.56. The fourth-order valence-electron chi connectivity index (χ4n) is 3.80. The van der Waals surface area contributed by atoms with Crippen LogP contribution in [-0.2, 0) is 11.2 Å². The van der Waals surface area contributed by atoms with E-state index in [2.05, 4.69) is 15.4 Å². The number of carbonyl (C=O) groups excluding carboxylic acids is 1. The molecule has 0 unspecified atom stereocenters. The van der Waals surface area contributed by atoms with Crippen molar-refractivity contribution in [1.29, 1.82) is 0 Å². The summed E-state index contributed by atoms with van der Waals surface area (Å²) in [6.07, 6.45) is 0.909. The lowest BCUT2D eigenvalue weighted by Crippen LogP contribution is -2.15. The highest BCUT2D eigenvalue weighted by atomic mass is 19.1. The number of nitrogens with one attached hydrogen (secondary N) is 1. The lowest BCUT2D eigenvalue weighted by Gasteiger charge is -2.12. The minimum absolute atomic E-state index is 0.0338. The van der Waals surface area contributed by atoms with Gasteiger partial charge in [-0.15, -0.1) is 0 Å². The number of nitrogens with zero attached hydrogens (tertiary/aromatic N) is 3. The number of amides is 1. The second kappa shape index (κ2) is 8.30. The monoisotopic (exact) mass is 416 g/mol. The molecule has 0 aliphatic carbocycles. The lowest BCUT2D eigenvalue weighted by atomic mass is 10.1. The summed E-state index contributed by atoms with van der Waals surface area (Å²) >= 11 is 0. The molecule has 158 valence electrons. The zero-order chi connectivity index (χ0) is 22.1. The van der Waals surface area contributed by atoms with Crippen LogP contribution in [-0.4, -0.2) is 20.5 Å². The molecule has 0 aliphatic rings. The van der Waals surface area contributed by atoms with Gasteiger partial charge in [-0.1, -0.05) is 24.3 Å². The summed E-state index contributed by atoms with van der Waals surface area (Å²) in [6, 6.07) is 14.2. The van der Waals surface area contributed by atoms with Crippen molar-refractivity contribution in [2.75, 3.05) is 5.32 Å². The minimum Gasteiger partial charge on any atom is -0.326 e. The number of anilines is 1. The topological polar surface area (TPSA) is 59.3 Å². The molecule has 4 rings (SSSR count). The maximum Gasteiger partial charge on any atom is 0.224 e. The van der Waals surface area contributed by atoms with Gasteiger partial charge in [0.05, 0.1) is 5.69 Å². The maximum absolute atomic E-state index is 13.6. The minimum atomic E-state index is -0.300. The molecule has 0 saturated carbocycles. The summed E-state index contributed by atoms with van der Waals surface area (Å²) in [4.78, 5) is 17.2. The molecule has 0 bridgehead atoms. The predicted octanol–water partition coefficient (Wildman–Crippen LogP) is 5.34. The molecule has 0 atom stereocenters. The molecule has 0 aliphatic heterocycles. The molecule has 31 heavy (non-hydrogen) atoms. The average molecular weight is 417 g/mol. The van der Waals surface area contributed by atoms with Crippen LogP contribution in [0.1, 0.15) is 34.5 Å². The van der Waals surface area contributed by atoms with Crippen molar-refractivity contribution in [1.82, 2.24) is 14.6 Å². The lowest BCUT2D eigenvalue weighted by molar-refractivity contribution is -0.116. The first-order valence-corrected chi connectivity index (χ1v) is 10.3. The summed E-state index contributed by atoms with van der Waals surface area (Å²) in [7, 11) is 0. The van der Waals surface area contributed by atoms with Gasteiger partial charge in [-0.25, -0.2) is 13.9 Å². The Hall–Kier alpha value is -3.54. The number of rotatable bonds is 5. The molecule has 4 aromatic rings. The third-order valence-corrected chi connectivity index (χ3v) is 5.55. The van der Waals surface area contributed by atoms with Crippen LogP contribution in [0, 0.1) is 33.5 Å². The first-order chi connectivity index (χ1) is 14.8. The average Bonchev–Trinajstić information content (AvgIpc) is 3.15. The summed E-state index contributed by atoms with van der Waals surface area (Å²) in [5, 5.41) is 7.64. The van der Waals surface area contributed by atoms with Crippen molar-refractivity contribution in [3.8, 4) is 11.3 Å². The van der Waals surface area contributed by atoms with Crippen molar-refractivity contribution in [3.63, 3.8) is 0 Å². The molecule has 2 heterocycles. The molecule has 1 amide bonds. The van der Waals surface area contributed by atoms with Gasteiger partial charge < -0.3 is 5.32 Å². The van der Waals surface area contributed by atoms with Gasteiger partial charge in [0.15, 0.2) is 5.65 Å². The first kappa shape index (κ1) is 20.7. The smallest absolute Gasteiger partial charge is 0.224 e. The Kier molecular flexibility index (Phi) is 5.55. The van der Waals surface area contributed by atoms with Crippen LogP contribution in [0.5, 0.6) is 0 Å². The highest BCUT2D eigenvalue weighted by Gasteiger charge is 2.15. The van der Waals surface area contributed by atoms with Crippen LogP contribution in [0.2, 0.25) is 0 Å². The second-order valence-corrected chi connectivity index (χ2v) is 7.94. The van der Waals surface area contributed by atoms with Crippen LogP contribution < -0.4 is 5.32 Å². The van der Waals surface area contributed by atoms with Crippen molar-refractivity contribution in [3.05, 3.63) is 82.4 Å². The number of aryl methyl sites for hydroxylation is 4. The van der Waals surface area contributed by atoms with E-state index in [0.29, 0.717) is 29.7 Å². The highest BCUT2D eigenvalue weighted by molar-refractivity contribution is 5.91. The molecular formula is C25H25FN4O. The van der Waals surface area contributed by atoms with Crippen LogP contribution >= 0.6 is 0 Å². The van der Waals surface area contributed by atoms with E-state index in [1.807, 2.05) is 58.0 Å². The zero-order valence-electron chi connectivity index (χ0n) is 18.2. The predicted molar refractivity (Wildman–Crippen MR) is 121 cm³/mol. The van der Waals surface area contributed by atoms with E-state index in [9.17, 15) is 9.18 Å². The fraction of sp³-hybridized carbons (Fsp3) is 0.240. The summed E-state index contributed by atoms with van der Waals surface area (Å²) in [6.45, 7) is 7.90. The van der Waals surface area contributed by atoms with Gasteiger partial charge in [0.2, 0.25) is 5.91 Å². The van der Waals surface area contributed by atoms with Gasteiger partial charge in [0.25, 0.3) is 0 Å². The zero-order valence-corrected chi connectivity index (χ0v) is 18.2. The van der Waals surface area contributed by atoms with Gasteiger partial charge in [0.1, 0.15) is 5.82 Å². The van der Waals surface area contributed by atoms with E-state index in [1.54, 1.807) is 10.6 Å². The second-order valence-electron chi connectivity index (χ2n) is 7.94. The molecule has 0 fully saturated rings. The normalized spacial score (nSPS) is 11.1. The molecule has 0 spiro atoms. The molecule has 0 saturated heterocycles. The summed E-state index contributed by atoms with van der Waals surface area (Å²) in [5.74, 6) is -0.334. The van der Waals surface area contributed by atoms with Gasteiger partial charge in [-0.2, -0.15) is 5.10 Å². The Morgan fingerprint density at radius 2 is 1.87 bits per heavy atom. The molecule has 2 aromatic heterocycles.